The van der Waals surface area contributed by atoms with Crippen molar-refractivity contribution in [2.75, 3.05) is 104 Å². The molecule has 5 aromatic rings. The summed E-state index contributed by atoms with van der Waals surface area (Å²) in [6.07, 6.45) is 5.85. The number of ether oxygens (including phenoxy) is 7. The summed E-state index contributed by atoms with van der Waals surface area (Å²) >= 11 is 0. The van der Waals surface area contributed by atoms with Crippen LogP contribution in [0.1, 0.15) is 72.6 Å². The molecule has 0 aliphatic carbocycles. The van der Waals surface area contributed by atoms with Gasteiger partial charge in [0.1, 0.15) is 59.0 Å². The lowest BCUT2D eigenvalue weighted by molar-refractivity contribution is -0.128. The first-order valence-corrected chi connectivity index (χ1v) is 26.8. The number of carbonyl (C=O) groups excluding carboxylic acids is 1. The van der Waals surface area contributed by atoms with E-state index < -0.39 is 35.5 Å². The number of rotatable bonds is 19. The summed E-state index contributed by atoms with van der Waals surface area (Å²) in [6, 6.07) is 17.1. The minimum atomic E-state index is -0.985. The van der Waals surface area contributed by atoms with Crippen molar-refractivity contribution < 1.29 is 51.1 Å². The highest BCUT2D eigenvalue weighted by Crippen LogP contribution is 2.43. The van der Waals surface area contributed by atoms with Gasteiger partial charge in [0.2, 0.25) is 5.91 Å². The smallest absolute Gasteiger partial charge is 0.318 e. The van der Waals surface area contributed by atoms with Gasteiger partial charge in [0.25, 0.3) is 0 Å². The van der Waals surface area contributed by atoms with E-state index in [1.165, 1.54) is 0 Å². The maximum atomic E-state index is 16.8. The fourth-order valence-corrected chi connectivity index (χ4v) is 12.0. The molecule has 4 atom stereocenters. The van der Waals surface area contributed by atoms with Gasteiger partial charge in [-0.3, -0.25) is 14.6 Å². The normalized spacial score (nSPS) is 21.9. The predicted octanol–water partition coefficient (Wildman–Crippen LogP) is 7.91. The number of hydrogen-bond donors (Lipinski definition) is 0. The van der Waals surface area contributed by atoms with E-state index >= 15 is 8.78 Å². The number of anilines is 2. The molecule has 10 rings (SSSR count). The zero-order chi connectivity index (χ0) is 54.5. The second-order valence-electron chi connectivity index (χ2n) is 20.8. The quantitative estimate of drug-likeness (QED) is 0.0734. The molecule has 7 heterocycles. The Bertz CT molecular complexity index is 2990. The number of alkyl halides is 1. The van der Waals surface area contributed by atoms with Crippen LogP contribution in [-0.2, 0) is 40.4 Å². The van der Waals surface area contributed by atoms with E-state index in [0.29, 0.717) is 78.5 Å². The average Bonchev–Trinajstić information content (AvgIpc) is 4.10. The van der Waals surface area contributed by atoms with Crippen molar-refractivity contribution in [2.24, 2.45) is 0 Å². The minimum absolute atomic E-state index is 0.0401. The number of methoxy groups -OCH3 is 5. The van der Waals surface area contributed by atoms with Crippen molar-refractivity contribution in [2.45, 2.75) is 94.6 Å². The molecule has 2 aromatic heterocycles. The topological polar surface area (TPSA) is 160 Å². The molecule has 0 bridgehead atoms. The van der Waals surface area contributed by atoms with E-state index in [4.69, 9.17) is 48.1 Å². The summed E-state index contributed by atoms with van der Waals surface area (Å²) in [6.45, 7) is 5.17. The Morgan fingerprint density at radius 3 is 2.28 bits per heavy atom. The van der Waals surface area contributed by atoms with E-state index in [9.17, 15) is 14.4 Å². The number of hydrogen-bond acceptors (Lipinski definition) is 16. The molecule has 5 aliphatic rings. The van der Waals surface area contributed by atoms with E-state index in [-0.39, 0.29) is 80.2 Å². The number of pyridine rings is 1. The van der Waals surface area contributed by atoms with Crippen LogP contribution in [-0.4, -0.2) is 154 Å². The lowest BCUT2D eigenvalue weighted by atomic mass is 9.95. The molecular weight excluding hydrogens is 1010 g/mol. The van der Waals surface area contributed by atoms with Crippen molar-refractivity contribution in [3.8, 4) is 35.1 Å². The Labute approximate surface area is 453 Å². The summed E-state index contributed by atoms with van der Waals surface area (Å²) in [4.78, 5) is 39.1. The molecule has 4 fully saturated rings. The number of amides is 1. The van der Waals surface area contributed by atoms with Crippen LogP contribution in [0.25, 0.3) is 10.9 Å². The van der Waals surface area contributed by atoms with Gasteiger partial charge in [0.15, 0.2) is 0 Å². The number of halogens is 3. The SMILES string of the molecule is COc1ccc(CN(Cc2ccc(OC)cc2OC)c2ccc3c(F)cc(F)c(C4Cc5nc(OC[C@@]67CCCN6C[C@H](F)C7)nc(N6CCN(C(=O)/C=C/CN7CCC(OC)CC7)[C@@H](CC#N)C6)c5CO4)c3n2)c(OC)c1. The number of aromatic nitrogens is 3. The maximum absolute atomic E-state index is 16.8. The highest BCUT2D eigenvalue weighted by atomic mass is 19.1. The lowest BCUT2D eigenvalue weighted by Gasteiger charge is -2.42. The van der Waals surface area contributed by atoms with Gasteiger partial charge in [-0.05, 0) is 68.6 Å². The number of likely N-dealkylation sites (tertiary alicyclic amines) is 1. The molecule has 0 N–H and O–H groups in total. The summed E-state index contributed by atoms with van der Waals surface area (Å²) in [5, 5.41) is 10.2. The monoisotopic (exact) mass is 1080 g/mol. The van der Waals surface area contributed by atoms with Crippen LogP contribution >= 0.6 is 0 Å². The van der Waals surface area contributed by atoms with E-state index in [1.54, 1.807) is 70.8 Å². The molecule has 17 nitrogen and oxygen atoms in total. The third-order valence-corrected chi connectivity index (χ3v) is 16.2. The molecule has 0 spiro atoms. The van der Waals surface area contributed by atoms with Gasteiger partial charge in [0, 0.05) is 131 Å². The van der Waals surface area contributed by atoms with Gasteiger partial charge in [-0.2, -0.15) is 15.2 Å². The van der Waals surface area contributed by atoms with Crippen molar-refractivity contribution in [1.82, 2.24) is 29.7 Å². The van der Waals surface area contributed by atoms with Crippen LogP contribution in [0, 0.1) is 23.0 Å². The van der Waals surface area contributed by atoms with Crippen LogP contribution in [0.3, 0.4) is 0 Å². The largest absolute Gasteiger partial charge is 0.497 e. The molecular formula is C58H68F3N9O8. The van der Waals surface area contributed by atoms with Crippen LogP contribution in [0.15, 0.2) is 66.7 Å². The Morgan fingerprint density at radius 2 is 1.60 bits per heavy atom. The zero-order valence-electron chi connectivity index (χ0n) is 45.0. The summed E-state index contributed by atoms with van der Waals surface area (Å²) < 4.78 is 89.1. The Hall–Kier alpha value is -6.92. The van der Waals surface area contributed by atoms with E-state index in [1.807, 2.05) is 40.1 Å². The summed E-state index contributed by atoms with van der Waals surface area (Å²) in [7, 11) is 8.05. The minimum Gasteiger partial charge on any atom is -0.497 e. The summed E-state index contributed by atoms with van der Waals surface area (Å²) in [5.74, 6) is 1.49. The highest BCUT2D eigenvalue weighted by molar-refractivity contribution is 5.88. The second-order valence-corrected chi connectivity index (χ2v) is 20.8. The highest BCUT2D eigenvalue weighted by Gasteiger charge is 2.49. The molecule has 78 heavy (non-hydrogen) atoms. The third-order valence-electron chi connectivity index (χ3n) is 16.2. The van der Waals surface area contributed by atoms with Gasteiger partial charge in [0.05, 0.1) is 82.5 Å². The number of piperidine rings is 1. The molecule has 5 aliphatic heterocycles. The van der Waals surface area contributed by atoms with E-state index in [2.05, 4.69) is 15.9 Å². The van der Waals surface area contributed by atoms with Crippen LogP contribution in [0.2, 0.25) is 0 Å². The number of fused-ring (bicyclic) bond motifs is 3. The second kappa shape index (κ2) is 24.0. The summed E-state index contributed by atoms with van der Waals surface area (Å²) in [5.41, 5.74) is 2.40. The van der Waals surface area contributed by atoms with Crippen LogP contribution < -0.4 is 33.5 Å². The zero-order valence-corrected chi connectivity index (χ0v) is 45.0. The first kappa shape index (κ1) is 54.4. The first-order chi connectivity index (χ1) is 37.9. The fraction of sp³-hybridized carbons (Fsp3) is 0.500. The predicted molar refractivity (Wildman–Crippen MR) is 286 cm³/mol. The molecule has 4 saturated heterocycles. The number of piperazine rings is 1. The van der Waals surface area contributed by atoms with Gasteiger partial charge in [-0.15, -0.1) is 0 Å². The van der Waals surface area contributed by atoms with Gasteiger partial charge in [-0.1, -0.05) is 6.08 Å². The van der Waals surface area contributed by atoms with E-state index in [0.717, 1.165) is 62.5 Å². The number of carbonyl (C=O) groups is 1. The van der Waals surface area contributed by atoms with Crippen molar-refractivity contribution in [3.63, 3.8) is 0 Å². The number of nitrogens with zero attached hydrogens (tertiary/aromatic N) is 9. The molecule has 0 radical (unpaired) electrons. The van der Waals surface area contributed by atoms with Gasteiger partial charge >= 0.3 is 6.01 Å². The Morgan fingerprint density at radius 1 is 0.872 bits per heavy atom. The fourth-order valence-electron chi connectivity index (χ4n) is 12.0. The molecule has 414 valence electrons. The number of nitriles is 1. The molecule has 1 amide bonds. The molecule has 0 saturated carbocycles. The van der Waals surface area contributed by atoms with Crippen molar-refractivity contribution in [1.29, 1.82) is 5.26 Å². The van der Waals surface area contributed by atoms with Crippen LogP contribution in [0.5, 0.6) is 29.0 Å². The van der Waals surface area contributed by atoms with Crippen molar-refractivity contribution in [3.05, 3.63) is 106 Å². The van der Waals surface area contributed by atoms with Crippen LogP contribution in [0.4, 0.5) is 24.8 Å². The Balaban J connectivity index is 0.977. The number of benzene rings is 3. The average molecular weight is 1080 g/mol. The van der Waals surface area contributed by atoms with Gasteiger partial charge in [-0.25, -0.2) is 18.2 Å². The first-order valence-electron chi connectivity index (χ1n) is 26.8. The third kappa shape index (κ3) is 11.5. The standard InChI is InChI=1S/C58H68F3N9O8/c1-72-41-16-22-66(23-17-41)20-6-8-53(71)70-25-24-67(34-40(70)15-19-62)56-45-35-77-51(29-48(45)63-57(65-56)78-36-58-18-7-21-69(58)33-39(59)30-58)54-47(61)28-46(60)44-13-14-52(64-55(44)54)68(31-37-9-11-42(73-2)26-49(37)75-4)32-38-10-12-43(74-3)27-50(38)76-5/h6,8-14,26-28,39-41,51H,7,15-18,20-25,29-36H2,1-5H3/b8-6+/t39-,40+,51?,58+/m1/s1. The molecule has 20 heteroatoms. The Kier molecular flexibility index (Phi) is 16.7. The van der Waals surface area contributed by atoms with Crippen molar-refractivity contribution >= 4 is 28.4 Å². The molecule has 1 unspecified atom stereocenters. The lowest BCUT2D eigenvalue weighted by Crippen LogP contribution is -2.55. The molecule has 3 aromatic carbocycles. The van der Waals surface area contributed by atoms with Gasteiger partial charge < -0.3 is 47.9 Å². The maximum Gasteiger partial charge on any atom is 0.318 e.